The Balaban J connectivity index is 2.06. The van der Waals surface area contributed by atoms with E-state index in [9.17, 15) is 18.0 Å². The van der Waals surface area contributed by atoms with Crippen LogP contribution >= 0.6 is 23.2 Å². The first-order valence-corrected chi connectivity index (χ1v) is 15.4. The van der Waals surface area contributed by atoms with Crippen molar-refractivity contribution in [3.8, 4) is 0 Å². The van der Waals surface area contributed by atoms with Crippen molar-refractivity contribution in [2.24, 2.45) is 0 Å². The lowest BCUT2D eigenvalue weighted by Gasteiger charge is -2.33. The molecule has 0 aliphatic heterocycles. The largest absolute Gasteiger partial charge is 0.354 e. The highest BCUT2D eigenvalue weighted by Gasteiger charge is 2.34. The molecule has 1 N–H and O–H groups in total. The number of sulfonamides is 1. The molecule has 0 aliphatic rings. The molecule has 7 nitrogen and oxygen atoms in total. The molecule has 0 radical (unpaired) electrons. The second-order valence-electron chi connectivity index (χ2n) is 9.43. The molecule has 2 amide bonds. The van der Waals surface area contributed by atoms with Crippen LogP contribution in [0.15, 0.2) is 77.7 Å². The topological polar surface area (TPSA) is 86.8 Å². The maximum Gasteiger partial charge on any atom is 0.264 e. The number of aryl methyl sites for hydroxylation is 1. The Morgan fingerprint density at radius 3 is 2.20 bits per heavy atom. The number of carbonyl (C=O) groups excluding carboxylic acids is 2. The zero-order chi connectivity index (χ0) is 29.3. The average Bonchev–Trinajstić information content (AvgIpc) is 2.93. The molecule has 0 saturated carbocycles. The van der Waals surface area contributed by atoms with Crippen molar-refractivity contribution in [2.45, 2.75) is 57.5 Å². The summed E-state index contributed by atoms with van der Waals surface area (Å²) in [5.74, 6) is -0.822. The van der Waals surface area contributed by atoms with Gasteiger partial charge in [0.05, 0.1) is 10.6 Å². The molecule has 40 heavy (non-hydrogen) atoms. The molecule has 3 aromatic rings. The van der Waals surface area contributed by atoms with E-state index in [1.807, 2.05) is 13.8 Å². The Morgan fingerprint density at radius 2 is 1.57 bits per heavy atom. The molecule has 0 bridgehead atoms. The number of benzene rings is 3. The smallest absolute Gasteiger partial charge is 0.264 e. The first kappa shape index (κ1) is 31.5. The summed E-state index contributed by atoms with van der Waals surface area (Å²) in [7, 11) is -4.17. The molecule has 0 fully saturated rings. The number of carbonyl (C=O) groups is 2. The van der Waals surface area contributed by atoms with Gasteiger partial charge in [-0.3, -0.25) is 13.9 Å². The standard InChI is InChI=1S/C30H35Cl2N3O4S/c1-4-6-19-33-30(37)27(5-2)34(20-23-12-8-9-13-26(23)32)29(36)21-35(28-14-10-7-11-22(28)3)40(38,39)25-17-15-24(31)16-18-25/h7-18,27H,4-6,19-21H2,1-3H3,(H,33,37)/t27-/m1/s1. The van der Waals surface area contributed by atoms with Gasteiger partial charge in [0.25, 0.3) is 10.0 Å². The SMILES string of the molecule is CCCCNC(=O)[C@@H](CC)N(Cc1ccccc1Cl)C(=O)CN(c1ccccc1C)S(=O)(=O)c1ccc(Cl)cc1. The summed E-state index contributed by atoms with van der Waals surface area (Å²) < 4.78 is 28.9. The van der Waals surface area contributed by atoms with E-state index in [-0.39, 0.29) is 17.3 Å². The van der Waals surface area contributed by atoms with Crippen LogP contribution in [0, 0.1) is 6.92 Å². The van der Waals surface area contributed by atoms with Gasteiger partial charge in [0.15, 0.2) is 0 Å². The van der Waals surface area contributed by atoms with Gasteiger partial charge in [-0.25, -0.2) is 8.42 Å². The number of hydrogen-bond acceptors (Lipinski definition) is 4. The maximum absolute atomic E-state index is 14.1. The van der Waals surface area contributed by atoms with Crippen LogP contribution in [-0.2, 0) is 26.2 Å². The number of anilines is 1. The van der Waals surface area contributed by atoms with Crippen LogP contribution in [0.2, 0.25) is 10.0 Å². The molecule has 0 saturated heterocycles. The number of amides is 2. The number of hydrogen-bond donors (Lipinski definition) is 1. The van der Waals surface area contributed by atoms with Crippen LogP contribution in [0.5, 0.6) is 0 Å². The Bertz CT molecular complexity index is 1410. The Morgan fingerprint density at radius 1 is 0.925 bits per heavy atom. The van der Waals surface area contributed by atoms with Gasteiger partial charge in [-0.15, -0.1) is 0 Å². The van der Waals surface area contributed by atoms with Gasteiger partial charge in [-0.1, -0.05) is 79.9 Å². The molecule has 0 aliphatic carbocycles. The van der Waals surface area contributed by atoms with E-state index >= 15 is 0 Å². The third-order valence-electron chi connectivity index (χ3n) is 6.58. The van der Waals surface area contributed by atoms with Gasteiger partial charge in [-0.05, 0) is 67.3 Å². The van der Waals surface area contributed by atoms with E-state index in [2.05, 4.69) is 5.32 Å². The van der Waals surface area contributed by atoms with Crippen LogP contribution in [0.25, 0.3) is 0 Å². The average molecular weight is 605 g/mol. The number of halogens is 2. The van der Waals surface area contributed by atoms with Crippen molar-refractivity contribution in [1.29, 1.82) is 0 Å². The van der Waals surface area contributed by atoms with Crippen LogP contribution in [0.3, 0.4) is 0 Å². The highest BCUT2D eigenvalue weighted by molar-refractivity contribution is 7.92. The number of nitrogens with zero attached hydrogens (tertiary/aromatic N) is 2. The fraction of sp³-hybridized carbons (Fsp3) is 0.333. The molecule has 0 aromatic heterocycles. The fourth-order valence-electron chi connectivity index (χ4n) is 4.33. The predicted molar refractivity (Wildman–Crippen MR) is 161 cm³/mol. The molecule has 0 spiro atoms. The summed E-state index contributed by atoms with van der Waals surface area (Å²) in [6.07, 6.45) is 2.05. The molecule has 3 aromatic carbocycles. The van der Waals surface area contributed by atoms with Crippen molar-refractivity contribution >= 4 is 50.7 Å². The molecule has 0 heterocycles. The van der Waals surface area contributed by atoms with Crippen molar-refractivity contribution < 1.29 is 18.0 Å². The minimum absolute atomic E-state index is 0.00467. The molecule has 3 rings (SSSR count). The van der Waals surface area contributed by atoms with Crippen LogP contribution in [0.1, 0.15) is 44.2 Å². The van der Waals surface area contributed by atoms with E-state index in [0.717, 1.165) is 17.1 Å². The highest BCUT2D eigenvalue weighted by atomic mass is 35.5. The van der Waals surface area contributed by atoms with Crippen molar-refractivity contribution in [2.75, 3.05) is 17.4 Å². The van der Waals surface area contributed by atoms with E-state index in [4.69, 9.17) is 23.2 Å². The number of rotatable bonds is 13. The van der Waals surface area contributed by atoms with Gasteiger partial charge in [0.2, 0.25) is 11.8 Å². The second kappa shape index (κ2) is 14.5. The summed E-state index contributed by atoms with van der Waals surface area (Å²) in [5, 5.41) is 3.76. The van der Waals surface area contributed by atoms with Gasteiger partial charge in [-0.2, -0.15) is 0 Å². The Kier molecular flexibility index (Phi) is 11.4. The van der Waals surface area contributed by atoms with Gasteiger partial charge in [0, 0.05) is 23.1 Å². The van der Waals surface area contributed by atoms with Gasteiger partial charge >= 0.3 is 0 Å². The minimum Gasteiger partial charge on any atom is -0.354 e. The highest BCUT2D eigenvalue weighted by Crippen LogP contribution is 2.28. The first-order valence-electron chi connectivity index (χ1n) is 13.2. The normalized spacial score (nSPS) is 12.0. The lowest BCUT2D eigenvalue weighted by molar-refractivity contribution is -0.140. The molecule has 10 heteroatoms. The Hall–Kier alpha value is -3.07. The van der Waals surface area contributed by atoms with E-state index in [0.29, 0.717) is 39.8 Å². The quantitative estimate of drug-likeness (QED) is 0.235. The van der Waals surface area contributed by atoms with E-state index in [1.54, 1.807) is 55.5 Å². The molecule has 214 valence electrons. The number of unbranched alkanes of at least 4 members (excludes halogenated alkanes) is 1. The third-order valence-corrected chi connectivity index (χ3v) is 8.97. The maximum atomic E-state index is 14.1. The van der Waals surface area contributed by atoms with Crippen LogP contribution in [-0.4, -0.2) is 44.3 Å². The van der Waals surface area contributed by atoms with Crippen LogP contribution < -0.4 is 9.62 Å². The fourth-order valence-corrected chi connectivity index (χ4v) is 6.13. The van der Waals surface area contributed by atoms with Crippen molar-refractivity contribution in [3.63, 3.8) is 0 Å². The predicted octanol–water partition coefficient (Wildman–Crippen LogP) is 6.22. The molecule has 1 atom stereocenters. The summed E-state index contributed by atoms with van der Waals surface area (Å²) in [6.45, 7) is 5.64. The zero-order valence-corrected chi connectivity index (χ0v) is 25.3. The lowest BCUT2D eigenvalue weighted by Crippen LogP contribution is -2.52. The summed E-state index contributed by atoms with van der Waals surface area (Å²) in [4.78, 5) is 28.8. The van der Waals surface area contributed by atoms with E-state index < -0.39 is 28.5 Å². The molecule has 0 unspecified atom stereocenters. The minimum atomic E-state index is -4.17. The third kappa shape index (κ3) is 7.77. The molecular formula is C30H35Cl2N3O4S. The summed E-state index contributed by atoms with van der Waals surface area (Å²) in [6, 6.07) is 19.0. The van der Waals surface area contributed by atoms with E-state index in [1.165, 1.54) is 29.2 Å². The zero-order valence-electron chi connectivity index (χ0n) is 22.9. The first-order chi connectivity index (χ1) is 19.1. The second-order valence-corrected chi connectivity index (χ2v) is 12.1. The summed E-state index contributed by atoms with van der Waals surface area (Å²) >= 11 is 12.4. The number of para-hydroxylation sites is 1. The van der Waals surface area contributed by atoms with Crippen molar-refractivity contribution in [1.82, 2.24) is 10.2 Å². The summed E-state index contributed by atoms with van der Waals surface area (Å²) in [5.41, 5.74) is 1.69. The Labute approximate surface area is 247 Å². The lowest BCUT2D eigenvalue weighted by atomic mass is 10.1. The van der Waals surface area contributed by atoms with Gasteiger partial charge in [0.1, 0.15) is 12.6 Å². The molecular weight excluding hydrogens is 569 g/mol. The van der Waals surface area contributed by atoms with Crippen molar-refractivity contribution in [3.05, 3.63) is 94.0 Å². The number of nitrogens with one attached hydrogen (secondary N) is 1. The van der Waals surface area contributed by atoms with Gasteiger partial charge < -0.3 is 10.2 Å². The van der Waals surface area contributed by atoms with Crippen LogP contribution in [0.4, 0.5) is 5.69 Å². The monoisotopic (exact) mass is 603 g/mol.